The number of hydrogen-bond donors (Lipinski definition) is 1. The number of pyridine rings is 1. The predicted octanol–water partition coefficient (Wildman–Crippen LogP) is 2.75. The minimum atomic E-state index is -1.16. The molecule has 13 heavy (non-hydrogen) atoms. The lowest BCUT2D eigenvalue weighted by molar-refractivity contribution is 0.327. The van der Waals surface area contributed by atoms with Gasteiger partial charge in [0, 0.05) is 11.8 Å². The fourth-order valence-electron chi connectivity index (χ4n) is 0.950. The third-order valence-electron chi connectivity index (χ3n) is 1.61. The third kappa shape index (κ3) is 2.79. The van der Waals surface area contributed by atoms with E-state index in [1.54, 1.807) is 0 Å². The van der Waals surface area contributed by atoms with Crippen molar-refractivity contribution in [2.45, 2.75) is 12.6 Å². The van der Waals surface area contributed by atoms with Crippen LogP contribution >= 0.6 is 23.2 Å². The van der Waals surface area contributed by atoms with Crippen LogP contribution in [0.4, 0.5) is 4.39 Å². The summed E-state index contributed by atoms with van der Waals surface area (Å²) in [6.45, 7) is 0.278. The maximum Gasteiger partial charge on any atom is 0.130 e. The molecule has 0 amide bonds. The zero-order valence-corrected chi connectivity index (χ0v) is 8.32. The minimum absolute atomic E-state index is 0.239. The Labute approximate surface area is 85.9 Å². The molecule has 0 saturated heterocycles. The molecule has 0 radical (unpaired) electrons. The van der Waals surface area contributed by atoms with Crippen LogP contribution in [-0.4, -0.2) is 11.5 Å². The highest BCUT2D eigenvalue weighted by atomic mass is 35.5. The van der Waals surface area contributed by atoms with Gasteiger partial charge in [0.1, 0.15) is 11.3 Å². The highest BCUT2D eigenvalue weighted by molar-refractivity contribution is 6.34. The van der Waals surface area contributed by atoms with Gasteiger partial charge in [0.25, 0.3) is 0 Å². The molecule has 0 saturated carbocycles. The zero-order chi connectivity index (χ0) is 9.84. The van der Waals surface area contributed by atoms with Gasteiger partial charge in [0.2, 0.25) is 0 Å². The fourth-order valence-corrected chi connectivity index (χ4v) is 1.43. The Kier molecular flexibility index (Phi) is 3.90. The highest BCUT2D eigenvalue weighted by Crippen LogP contribution is 2.28. The van der Waals surface area contributed by atoms with Crippen LogP contribution < -0.4 is 5.73 Å². The van der Waals surface area contributed by atoms with Crippen molar-refractivity contribution in [3.8, 4) is 0 Å². The lowest BCUT2D eigenvalue weighted by Gasteiger charge is -2.08. The van der Waals surface area contributed by atoms with E-state index in [0.29, 0.717) is 10.6 Å². The first-order valence-electron chi connectivity index (χ1n) is 3.80. The molecule has 0 aliphatic carbocycles. The summed E-state index contributed by atoms with van der Waals surface area (Å²) in [6.07, 6.45) is 0.413. The monoisotopic (exact) mass is 222 g/mol. The number of nitrogens with two attached hydrogens (primary N) is 1. The first-order valence-corrected chi connectivity index (χ1v) is 4.56. The van der Waals surface area contributed by atoms with Gasteiger partial charge in [-0.3, -0.25) is 0 Å². The average Bonchev–Trinajstić information content (AvgIpc) is 2.04. The second-order valence-corrected chi connectivity index (χ2v) is 3.37. The fraction of sp³-hybridized carbons (Fsp3) is 0.375. The molecule has 1 aromatic rings. The Balaban J connectivity index is 2.88. The Morgan fingerprint density at radius 3 is 2.77 bits per heavy atom. The summed E-state index contributed by atoms with van der Waals surface area (Å²) in [5.41, 5.74) is 5.56. The summed E-state index contributed by atoms with van der Waals surface area (Å²) in [5, 5.41) is 0.551. The minimum Gasteiger partial charge on any atom is -0.330 e. The summed E-state index contributed by atoms with van der Waals surface area (Å²) in [7, 11) is 0. The van der Waals surface area contributed by atoms with Crippen molar-refractivity contribution in [2.75, 3.05) is 6.54 Å². The lowest BCUT2D eigenvalue weighted by atomic mass is 10.1. The van der Waals surface area contributed by atoms with Crippen LogP contribution in [0.3, 0.4) is 0 Å². The van der Waals surface area contributed by atoms with Crippen LogP contribution in [0.15, 0.2) is 12.3 Å². The molecule has 0 aliphatic heterocycles. The molecule has 2 N–H and O–H groups in total. The van der Waals surface area contributed by atoms with E-state index >= 15 is 0 Å². The summed E-state index contributed by atoms with van der Waals surface area (Å²) in [5.74, 6) is 0. The van der Waals surface area contributed by atoms with Crippen LogP contribution in [0.2, 0.25) is 10.2 Å². The molecular formula is C8H9Cl2FN2. The van der Waals surface area contributed by atoms with Crippen molar-refractivity contribution in [2.24, 2.45) is 5.73 Å². The van der Waals surface area contributed by atoms with Crippen LogP contribution in [0.1, 0.15) is 18.2 Å². The topological polar surface area (TPSA) is 38.9 Å². The first kappa shape index (κ1) is 10.7. The van der Waals surface area contributed by atoms with E-state index in [0.717, 1.165) is 0 Å². The van der Waals surface area contributed by atoms with E-state index in [4.69, 9.17) is 28.9 Å². The summed E-state index contributed by atoms with van der Waals surface area (Å²) in [6, 6.07) is 1.42. The molecule has 0 aliphatic rings. The smallest absolute Gasteiger partial charge is 0.130 e. The summed E-state index contributed by atoms with van der Waals surface area (Å²) >= 11 is 11.3. The zero-order valence-electron chi connectivity index (χ0n) is 6.80. The lowest BCUT2D eigenvalue weighted by Crippen LogP contribution is -2.04. The van der Waals surface area contributed by atoms with E-state index in [1.165, 1.54) is 12.3 Å². The molecule has 0 spiro atoms. The van der Waals surface area contributed by atoms with Gasteiger partial charge in [0.05, 0.1) is 5.02 Å². The Hall–Kier alpha value is -0.380. The largest absolute Gasteiger partial charge is 0.330 e. The van der Waals surface area contributed by atoms with Gasteiger partial charge in [-0.2, -0.15) is 0 Å². The average molecular weight is 223 g/mol. The molecule has 1 unspecified atom stereocenters. The van der Waals surface area contributed by atoms with Gasteiger partial charge >= 0.3 is 0 Å². The molecule has 0 bridgehead atoms. The molecule has 0 fully saturated rings. The quantitative estimate of drug-likeness (QED) is 0.800. The molecular weight excluding hydrogens is 214 g/mol. The highest BCUT2D eigenvalue weighted by Gasteiger charge is 2.13. The van der Waals surface area contributed by atoms with Crippen molar-refractivity contribution in [1.29, 1.82) is 0 Å². The number of alkyl halides is 1. The molecule has 1 aromatic heterocycles. The maximum absolute atomic E-state index is 13.3. The summed E-state index contributed by atoms with van der Waals surface area (Å²) in [4.78, 5) is 3.74. The Morgan fingerprint density at radius 2 is 2.23 bits per heavy atom. The van der Waals surface area contributed by atoms with Gasteiger partial charge in [-0.15, -0.1) is 0 Å². The number of aromatic nitrogens is 1. The maximum atomic E-state index is 13.3. The van der Waals surface area contributed by atoms with E-state index < -0.39 is 6.17 Å². The normalized spacial score (nSPS) is 12.9. The SMILES string of the molecule is NCCC(F)c1cnc(Cl)cc1Cl. The molecule has 1 heterocycles. The van der Waals surface area contributed by atoms with Crippen LogP contribution in [0.25, 0.3) is 0 Å². The van der Waals surface area contributed by atoms with Crippen LogP contribution in [-0.2, 0) is 0 Å². The van der Waals surface area contributed by atoms with Crippen molar-refractivity contribution in [1.82, 2.24) is 4.98 Å². The van der Waals surface area contributed by atoms with E-state index in [9.17, 15) is 4.39 Å². The summed E-state index contributed by atoms with van der Waals surface area (Å²) < 4.78 is 13.3. The Bertz CT molecular complexity index is 293. The second-order valence-electron chi connectivity index (χ2n) is 2.57. The molecule has 2 nitrogen and oxygen atoms in total. The molecule has 1 atom stereocenters. The van der Waals surface area contributed by atoms with Gasteiger partial charge < -0.3 is 5.73 Å². The molecule has 72 valence electrons. The predicted molar refractivity (Wildman–Crippen MR) is 51.8 cm³/mol. The van der Waals surface area contributed by atoms with E-state index in [-0.39, 0.29) is 18.1 Å². The number of hydrogen-bond acceptors (Lipinski definition) is 2. The second kappa shape index (κ2) is 4.74. The standard InChI is InChI=1S/C8H9Cl2FN2/c9-6-3-8(10)13-4-5(6)7(11)1-2-12/h3-4,7H,1-2,12H2. The van der Waals surface area contributed by atoms with Gasteiger partial charge in [-0.25, -0.2) is 9.37 Å². The van der Waals surface area contributed by atoms with E-state index in [1.807, 2.05) is 0 Å². The van der Waals surface area contributed by atoms with Crippen LogP contribution in [0.5, 0.6) is 0 Å². The third-order valence-corrected chi connectivity index (χ3v) is 2.14. The number of rotatable bonds is 3. The molecule has 0 aromatic carbocycles. The van der Waals surface area contributed by atoms with Gasteiger partial charge in [0.15, 0.2) is 0 Å². The number of halogens is 3. The van der Waals surface area contributed by atoms with E-state index in [2.05, 4.69) is 4.98 Å². The van der Waals surface area contributed by atoms with Crippen molar-refractivity contribution in [3.63, 3.8) is 0 Å². The molecule has 5 heteroatoms. The molecule has 1 rings (SSSR count). The first-order chi connectivity index (χ1) is 6.15. The van der Waals surface area contributed by atoms with Crippen LogP contribution in [0, 0.1) is 0 Å². The van der Waals surface area contributed by atoms with Crippen molar-refractivity contribution in [3.05, 3.63) is 28.0 Å². The number of nitrogens with zero attached hydrogens (tertiary/aromatic N) is 1. The van der Waals surface area contributed by atoms with Crippen molar-refractivity contribution >= 4 is 23.2 Å². The van der Waals surface area contributed by atoms with Crippen molar-refractivity contribution < 1.29 is 4.39 Å². The van der Waals surface area contributed by atoms with Gasteiger partial charge in [-0.1, -0.05) is 23.2 Å². The Morgan fingerprint density at radius 1 is 1.54 bits per heavy atom. The van der Waals surface area contributed by atoms with Gasteiger partial charge in [-0.05, 0) is 19.0 Å².